The van der Waals surface area contributed by atoms with Crippen LogP contribution in [0.4, 0.5) is 4.79 Å². The van der Waals surface area contributed by atoms with E-state index in [0.29, 0.717) is 25.2 Å². The molecule has 1 atom stereocenters. The number of amides is 1. The van der Waals surface area contributed by atoms with Crippen LogP contribution in [-0.2, 0) is 19.1 Å². The van der Waals surface area contributed by atoms with Gasteiger partial charge in [-0.25, -0.2) is 9.59 Å². The number of carbonyl (C=O) groups excluding carboxylic acids is 2. The van der Waals surface area contributed by atoms with E-state index in [4.69, 9.17) is 39.5 Å². The highest BCUT2D eigenvalue weighted by Crippen LogP contribution is 2.25. The average Bonchev–Trinajstić information content (AvgIpc) is 2.72. The highest BCUT2D eigenvalue weighted by atomic mass is 35.6. The van der Waals surface area contributed by atoms with Crippen molar-refractivity contribution in [3.63, 3.8) is 0 Å². The Morgan fingerprint density at radius 1 is 0.938 bits per heavy atom. The fraction of sp³-hybridized carbons (Fsp3) is 0.857. The van der Waals surface area contributed by atoms with E-state index in [1.54, 1.807) is 0 Å². The second-order valence-corrected chi connectivity index (χ2v) is 11.1. The number of hydrogen-bond donors (Lipinski definition) is 2. The van der Waals surface area contributed by atoms with Crippen LogP contribution >= 0.6 is 46.6 Å². The zero-order chi connectivity index (χ0) is 24.2. The summed E-state index contributed by atoms with van der Waals surface area (Å²) < 4.78 is 8.09. The van der Waals surface area contributed by atoms with Crippen molar-refractivity contribution in [2.75, 3.05) is 24.7 Å². The first-order valence-corrected chi connectivity index (χ1v) is 13.4. The third-order valence-corrected chi connectivity index (χ3v) is 5.90. The van der Waals surface area contributed by atoms with Crippen molar-refractivity contribution in [3.8, 4) is 0 Å². The summed E-state index contributed by atoms with van der Waals surface area (Å²) in [5, 5.41) is 11.4. The number of halogens is 3. The van der Waals surface area contributed by atoms with Crippen molar-refractivity contribution in [1.82, 2.24) is 5.32 Å². The van der Waals surface area contributed by atoms with Crippen LogP contribution in [0.25, 0.3) is 0 Å². The predicted molar refractivity (Wildman–Crippen MR) is 131 cm³/mol. The van der Waals surface area contributed by atoms with Gasteiger partial charge in [-0.05, 0) is 18.6 Å². The van der Waals surface area contributed by atoms with Crippen LogP contribution in [0.1, 0.15) is 77.6 Å². The summed E-state index contributed by atoms with van der Waals surface area (Å²) in [6.07, 6.45) is 10.8. The first-order valence-electron chi connectivity index (χ1n) is 11.1. The summed E-state index contributed by atoms with van der Waals surface area (Å²) in [5.41, 5.74) is 0. The maximum absolute atomic E-state index is 11.7. The molecule has 32 heavy (non-hydrogen) atoms. The Hall–Kier alpha value is -0.570. The van der Waals surface area contributed by atoms with Gasteiger partial charge in [-0.1, -0.05) is 93.1 Å². The SMILES string of the molecule is CCCCCCCCCCCC(=O)OCCCSC[C@H](NC(=O)OCC(Cl)(Cl)Cl)C(=O)O. The van der Waals surface area contributed by atoms with E-state index in [9.17, 15) is 19.5 Å². The molecule has 7 nitrogen and oxygen atoms in total. The number of nitrogens with one attached hydrogen (secondary N) is 1. The highest BCUT2D eigenvalue weighted by molar-refractivity contribution is 7.99. The monoisotopic (exact) mass is 535 g/mol. The molecule has 0 saturated carbocycles. The summed E-state index contributed by atoms with van der Waals surface area (Å²) >= 11 is 17.7. The number of ether oxygens (including phenoxy) is 2. The molecule has 188 valence electrons. The minimum Gasteiger partial charge on any atom is -0.480 e. The van der Waals surface area contributed by atoms with Gasteiger partial charge in [0.2, 0.25) is 3.79 Å². The molecule has 0 aliphatic heterocycles. The second kappa shape index (κ2) is 19.9. The summed E-state index contributed by atoms with van der Waals surface area (Å²) in [4.78, 5) is 34.6. The number of carbonyl (C=O) groups is 3. The Kier molecular flexibility index (Phi) is 19.5. The number of hydrogen-bond acceptors (Lipinski definition) is 6. The van der Waals surface area contributed by atoms with E-state index < -0.39 is 28.5 Å². The minimum absolute atomic E-state index is 0.130. The fourth-order valence-electron chi connectivity index (χ4n) is 2.71. The first-order chi connectivity index (χ1) is 15.2. The maximum atomic E-state index is 11.7. The normalized spacial score (nSPS) is 12.2. The van der Waals surface area contributed by atoms with Crippen molar-refractivity contribution < 1.29 is 29.0 Å². The summed E-state index contributed by atoms with van der Waals surface area (Å²) in [6.45, 7) is 2.01. The van der Waals surface area contributed by atoms with E-state index in [-0.39, 0.29) is 11.7 Å². The number of rotatable bonds is 19. The summed E-state index contributed by atoms with van der Waals surface area (Å²) in [6, 6.07) is -1.14. The molecule has 0 aromatic rings. The van der Waals surface area contributed by atoms with Gasteiger partial charge in [-0.15, -0.1) is 0 Å². The molecular weight excluding hydrogens is 501 g/mol. The molecule has 1 amide bonds. The first kappa shape index (κ1) is 31.4. The molecule has 0 radical (unpaired) electrons. The molecule has 0 fully saturated rings. The molecule has 0 aliphatic carbocycles. The Bertz CT molecular complexity index is 534. The van der Waals surface area contributed by atoms with Gasteiger partial charge in [0.05, 0.1) is 6.61 Å². The van der Waals surface area contributed by atoms with Crippen molar-refractivity contribution in [3.05, 3.63) is 0 Å². The number of aliphatic carboxylic acids is 1. The molecule has 0 spiro atoms. The largest absolute Gasteiger partial charge is 0.480 e. The van der Waals surface area contributed by atoms with Crippen LogP contribution in [-0.4, -0.2) is 57.7 Å². The number of alkyl carbamates (subject to hydrolysis) is 1. The minimum atomic E-state index is -1.77. The highest BCUT2D eigenvalue weighted by Gasteiger charge is 2.25. The Morgan fingerprint density at radius 3 is 2.09 bits per heavy atom. The average molecular weight is 537 g/mol. The van der Waals surface area contributed by atoms with E-state index in [1.165, 1.54) is 50.3 Å². The Morgan fingerprint density at radius 2 is 1.53 bits per heavy atom. The second-order valence-electron chi connectivity index (χ2n) is 7.45. The summed E-state index contributed by atoms with van der Waals surface area (Å²) in [5.74, 6) is -0.680. The van der Waals surface area contributed by atoms with E-state index in [0.717, 1.165) is 19.3 Å². The van der Waals surface area contributed by atoms with E-state index in [1.807, 2.05) is 0 Å². The number of thioether (sulfide) groups is 1. The van der Waals surface area contributed by atoms with Crippen molar-refractivity contribution in [1.29, 1.82) is 0 Å². The van der Waals surface area contributed by atoms with Crippen molar-refractivity contribution in [2.24, 2.45) is 0 Å². The lowest BCUT2D eigenvalue weighted by Gasteiger charge is -2.16. The van der Waals surface area contributed by atoms with Gasteiger partial charge >= 0.3 is 18.0 Å². The number of alkyl halides is 3. The molecule has 2 N–H and O–H groups in total. The van der Waals surface area contributed by atoms with Gasteiger partial charge in [0.25, 0.3) is 0 Å². The predicted octanol–water partition coefficient (Wildman–Crippen LogP) is 6.12. The topological polar surface area (TPSA) is 102 Å². The quantitative estimate of drug-likeness (QED) is 0.116. The molecule has 0 aliphatic rings. The standard InChI is InChI=1S/C21H36Cl3NO6S/c1-2-3-4-5-6-7-8-9-10-12-18(26)30-13-11-14-32-15-17(19(27)28)25-20(29)31-16-21(22,23)24/h17H,2-16H2,1H3,(H,25,29)(H,27,28)/t17-/m0/s1. The zero-order valence-electron chi connectivity index (χ0n) is 18.7. The third-order valence-electron chi connectivity index (χ3n) is 4.42. The Labute approximate surface area is 210 Å². The molecule has 0 rings (SSSR count). The molecule has 0 unspecified atom stereocenters. The molecule has 0 saturated heterocycles. The molecular formula is C21H36Cl3NO6S. The number of carboxylic acid groups (broad SMARTS) is 1. The van der Waals surface area contributed by atoms with E-state index in [2.05, 4.69) is 17.0 Å². The molecule has 0 aromatic heterocycles. The number of carboxylic acids is 1. The lowest BCUT2D eigenvalue weighted by Crippen LogP contribution is -2.43. The Balaban J connectivity index is 3.70. The van der Waals surface area contributed by atoms with E-state index >= 15 is 0 Å². The van der Waals surface area contributed by atoms with Crippen LogP contribution in [0.2, 0.25) is 0 Å². The molecule has 0 aromatic carbocycles. The van der Waals surface area contributed by atoms with Crippen LogP contribution < -0.4 is 5.32 Å². The van der Waals surface area contributed by atoms with Gasteiger partial charge in [0.15, 0.2) is 0 Å². The van der Waals surface area contributed by atoms with Crippen molar-refractivity contribution in [2.45, 2.75) is 87.4 Å². The van der Waals surface area contributed by atoms with Gasteiger partial charge in [-0.2, -0.15) is 11.8 Å². The zero-order valence-corrected chi connectivity index (χ0v) is 21.8. The molecule has 11 heteroatoms. The van der Waals surface area contributed by atoms with Gasteiger partial charge in [0.1, 0.15) is 12.6 Å². The molecule has 0 heterocycles. The van der Waals surface area contributed by atoms with Crippen LogP contribution in [0.3, 0.4) is 0 Å². The van der Waals surface area contributed by atoms with Gasteiger partial charge in [-0.3, -0.25) is 4.79 Å². The lowest BCUT2D eigenvalue weighted by atomic mass is 10.1. The van der Waals surface area contributed by atoms with Crippen molar-refractivity contribution >= 4 is 64.6 Å². The van der Waals surface area contributed by atoms with Gasteiger partial charge < -0.3 is 19.9 Å². The number of esters is 1. The maximum Gasteiger partial charge on any atom is 0.408 e. The smallest absolute Gasteiger partial charge is 0.408 e. The van der Waals surface area contributed by atoms with Gasteiger partial charge in [0, 0.05) is 12.2 Å². The molecule has 0 bridgehead atoms. The summed E-state index contributed by atoms with van der Waals surface area (Å²) in [7, 11) is 0. The van der Waals surface area contributed by atoms with Crippen LogP contribution in [0.15, 0.2) is 0 Å². The fourth-order valence-corrected chi connectivity index (χ4v) is 3.82. The van der Waals surface area contributed by atoms with Crippen LogP contribution in [0, 0.1) is 0 Å². The van der Waals surface area contributed by atoms with Crippen LogP contribution in [0.5, 0.6) is 0 Å². The lowest BCUT2D eigenvalue weighted by molar-refractivity contribution is -0.143. The number of unbranched alkanes of at least 4 members (excludes halogenated alkanes) is 8. The third kappa shape index (κ3) is 21.3.